The van der Waals surface area contributed by atoms with Crippen molar-refractivity contribution in [2.75, 3.05) is 23.7 Å². The number of amides is 3. The van der Waals surface area contributed by atoms with E-state index in [9.17, 15) is 9.59 Å². The minimum Gasteiger partial charge on any atom is -0.461 e. The van der Waals surface area contributed by atoms with E-state index in [1.807, 2.05) is 0 Å². The summed E-state index contributed by atoms with van der Waals surface area (Å²) in [6.07, 6.45) is 5.30. The molecule has 0 spiro atoms. The van der Waals surface area contributed by atoms with Gasteiger partial charge in [0.05, 0.1) is 18.1 Å². The SMILES string of the molecule is Cn1cc2c(nc(NC(=O)Nc3ccc(CC(=O)NCCCCN)cc3)n3nc(-c4ccco4)nc23)n1. The number of hydrogen-bond acceptors (Lipinski definition) is 8. The molecule has 0 saturated carbocycles. The first-order valence-corrected chi connectivity index (χ1v) is 11.8. The molecule has 0 saturated heterocycles. The maximum Gasteiger partial charge on any atom is 0.326 e. The molecule has 5 aromatic rings. The lowest BCUT2D eigenvalue weighted by atomic mass is 10.1. The summed E-state index contributed by atoms with van der Waals surface area (Å²) in [5, 5.41) is 17.8. The molecule has 1 aromatic carbocycles. The van der Waals surface area contributed by atoms with Gasteiger partial charge in [-0.2, -0.15) is 14.6 Å². The van der Waals surface area contributed by atoms with Crippen LogP contribution in [0.4, 0.5) is 16.4 Å². The van der Waals surface area contributed by atoms with Crippen molar-refractivity contribution >= 4 is 40.3 Å². The minimum atomic E-state index is -0.524. The van der Waals surface area contributed by atoms with Gasteiger partial charge in [0.15, 0.2) is 17.1 Å². The minimum absolute atomic E-state index is 0.0581. The topological polar surface area (TPSA) is 170 Å². The van der Waals surface area contributed by atoms with Crippen LogP contribution < -0.4 is 21.7 Å². The number of aromatic nitrogens is 6. The fourth-order valence-electron chi connectivity index (χ4n) is 3.80. The van der Waals surface area contributed by atoms with Gasteiger partial charge in [-0.15, -0.1) is 5.10 Å². The van der Waals surface area contributed by atoms with Gasteiger partial charge in [-0.3, -0.25) is 14.8 Å². The number of nitrogens with one attached hydrogen (secondary N) is 3. The van der Waals surface area contributed by atoms with Gasteiger partial charge in [0.2, 0.25) is 17.7 Å². The van der Waals surface area contributed by atoms with Gasteiger partial charge < -0.3 is 20.8 Å². The first-order valence-electron chi connectivity index (χ1n) is 11.8. The van der Waals surface area contributed by atoms with Gasteiger partial charge in [0.1, 0.15) is 0 Å². The Bertz CT molecular complexity index is 1540. The normalized spacial score (nSPS) is 11.2. The number of fused-ring (bicyclic) bond motifs is 3. The van der Waals surface area contributed by atoms with Gasteiger partial charge >= 0.3 is 6.03 Å². The van der Waals surface area contributed by atoms with E-state index < -0.39 is 6.03 Å². The molecule has 4 heterocycles. The van der Waals surface area contributed by atoms with E-state index in [0.29, 0.717) is 47.0 Å². The molecule has 13 heteroatoms. The predicted octanol–water partition coefficient (Wildman–Crippen LogP) is 2.31. The number of unbranched alkanes of at least 4 members (excludes halogenated alkanes) is 1. The average molecular weight is 503 g/mol. The zero-order chi connectivity index (χ0) is 25.8. The molecule has 0 bridgehead atoms. The van der Waals surface area contributed by atoms with Crippen LogP contribution in [0.1, 0.15) is 18.4 Å². The second kappa shape index (κ2) is 10.5. The van der Waals surface area contributed by atoms with Crippen LogP contribution in [0.2, 0.25) is 0 Å². The molecule has 0 atom stereocenters. The van der Waals surface area contributed by atoms with Crippen molar-refractivity contribution in [3.63, 3.8) is 0 Å². The average Bonchev–Trinajstić information content (AvgIpc) is 3.62. The van der Waals surface area contributed by atoms with Crippen molar-refractivity contribution in [3.8, 4) is 11.6 Å². The van der Waals surface area contributed by atoms with E-state index in [1.165, 1.54) is 10.8 Å². The van der Waals surface area contributed by atoms with Crippen LogP contribution in [0.3, 0.4) is 0 Å². The Morgan fingerprint density at radius 2 is 1.89 bits per heavy atom. The van der Waals surface area contributed by atoms with Crippen LogP contribution in [0, 0.1) is 0 Å². The molecule has 0 aliphatic carbocycles. The summed E-state index contributed by atoms with van der Waals surface area (Å²) < 4.78 is 8.48. The Labute approximate surface area is 211 Å². The maximum absolute atomic E-state index is 12.8. The number of furan rings is 1. The van der Waals surface area contributed by atoms with E-state index in [0.717, 1.165) is 18.4 Å². The molecule has 4 aromatic heterocycles. The van der Waals surface area contributed by atoms with Gasteiger partial charge in [-0.1, -0.05) is 12.1 Å². The Balaban J connectivity index is 1.29. The molecule has 0 radical (unpaired) electrons. The molecule has 0 aliphatic heterocycles. The number of nitrogens with two attached hydrogens (primary N) is 1. The summed E-state index contributed by atoms with van der Waals surface area (Å²) in [4.78, 5) is 33.9. The molecule has 5 N–H and O–H groups in total. The van der Waals surface area contributed by atoms with Crippen molar-refractivity contribution in [1.29, 1.82) is 0 Å². The molecular weight excluding hydrogens is 476 g/mol. The van der Waals surface area contributed by atoms with Crippen LogP contribution >= 0.6 is 0 Å². The van der Waals surface area contributed by atoms with E-state index in [1.54, 1.807) is 54.3 Å². The molecule has 0 unspecified atom stereocenters. The largest absolute Gasteiger partial charge is 0.461 e. The lowest BCUT2D eigenvalue weighted by Crippen LogP contribution is -2.26. The molecule has 190 valence electrons. The van der Waals surface area contributed by atoms with Gasteiger partial charge in [0, 0.05) is 25.5 Å². The molecular formula is C24H26N10O3. The predicted molar refractivity (Wildman–Crippen MR) is 137 cm³/mol. The Morgan fingerprint density at radius 1 is 1.05 bits per heavy atom. The number of nitrogens with zero attached hydrogens (tertiary/aromatic N) is 6. The van der Waals surface area contributed by atoms with Crippen molar-refractivity contribution < 1.29 is 14.0 Å². The summed E-state index contributed by atoms with van der Waals surface area (Å²) in [7, 11) is 1.77. The highest BCUT2D eigenvalue weighted by Gasteiger charge is 2.19. The van der Waals surface area contributed by atoms with E-state index in [4.69, 9.17) is 10.2 Å². The fraction of sp³-hybridized carbons (Fsp3) is 0.250. The highest BCUT2D eigenvalue weighted by Crippen LogP contribution is 2.24. The zero-order valence-electron chi connectivity index (χ0n) is 20.1. The number of carbonyl (C=O) groups excluding carboxylic acids is 2. The zero-order valence-corrected chi connectivity index (χ0v) is 20.1. The van der Waals surface area contributed by atoms with Crippen LogP contribution in [-0.4, -0.2) is 54.4 Å². The van der Waals surface area contributed by atoms with Gasteiger partial charge in [-0.25, -0.2) is 9.78 Å². The Kier molecular flexibility index (Phi) is 6.76. The summed E-state index contributed by atoms with van der Waals surface area (Å²) in [5.41, 5.74) is 7.73. The highest BCUT2D eigenvalue weighted by atomic mass is 16.3. The molecule has 0 aliphatic rings. The van der Waals surface area contributed by atoms with Crippen molar-refractivity contribution in [3.05, 3.63) is 54.4 Å². The molecule has 5 rings (SSSR count). The lowest BCUT2D eigenvalue weighted by molar-refractivity contribution is -0.120. The lowest BCUT2D eigenvalue weighted by Gasteiger charge is -2.09. The monoisotopic (exact) mass is 502 g/mol. The molecule has 13 nitrogen and oxygen atoms in total. The summed E-state index contributed by atoms with van der Waals surface area (Å²) in [6.45, 7) is 1.22. The van der Waals surface area contributed by atoms with E-state index >= 15 is 0 Å². The first-order chi connectivity index (χ1) is 18.0. The van der Waals surface area contributed by atoms with E-state index in [-0.39, 0.29) is 18.3 Å². The summed E-state index contributed by atoms with van der Waals surface area (Å²) >= 11 is 0. The third kappa shape index (κ3) is 5.41. The summed E-state index contributed by atoms with van der Waals surface area (Å²) in [5.74, 6) is 0.926. The number of anilines is 2. The number of aryl methyl sites for hydroxylation is 1. The first kappa shape index (κ1) is 23.9. The Morgan fingerprint density at radius 3 is 2.65 bits per heavy atom. The van der Waals surface area contributed by atoms with Gasteiger partial charge in [-0.05, 0) is 49.2 Å². The number of benzene rings is 1. The second-order valence-corrected chi connectivity index (χ2v) is 8.42. The van der Waals surface area contributed by atoms with Crippen LogP contribution in [0.15, 0.2) is 53.3 Å². The number of urea groups is 1. The molecule has 3 amide bonds. The van der Waals surface area contributed by atoms with Crippen LogP contribution in [0.5, 0.6) is 0 Å². The standard InChI is InChI=1S/C24H26N10O3/c1-33-14-17-20(31-33)29-23(34-22(17)28-21(32-34)18-5-4-12-37-18)30-24(36)27-16-8-6-15(7-9-16)13-19(35)26-11-3-2-10-25/h4-9,12,14H,2-3,10-11,13,25H2,1H3,(H,26,35)(H2,27,29,30,31,36). The second-order valence-electron chi connectivity index (χ2n) is 8.42. The van der Waals surface area contributed by atoms with E-state index in [2.05, 4.69) is 36.1 Å². The molecule has 0 fully saturated rings. The summed E-state index contributed by atoms with van der Waals surface area (Å²) in [6, 6.07) is 10.0. The smallest absolute Gasteiger partial charge is 0.326 e. The van der Waals surface area contributed by atoms with Crippen molar-refractivity contribution in [2.45, 2.75) is 19.3 Å². The number of carbonyl (C=O) groups is 2. The number of rotatable bonds is 9. The third-order valence-electron chi connectivity index (χ3n) is 5.57. The highest BCUT2D eigenvalue weighted by molar-refractivity contribution is 6.00. The number of hydrogen-bond donors (Lipinski definition) is 4. The fourth-order valence-corrected chi connectivity index (χ4v) is 3.80. The molecule has 37 heavy (non-hydrogen) atoms. The van der Waals surface area contributed by atoms with Crippen molar-refractivity contribution in [1.82, 2.24) is 34.7 Å². The maximum atomic E-state index is 12.8. The third-order valence-corrected chi connectivity index (χ3v) is 5.57. The van der Waals surface area contributed by atoms with Crippen LogP contribution in [-0.2, 0) is 18.3 Å². The quantitative estimate of drug-likeness (QED) is 0.222. The Hall–Kier alpha value is -4.78. The van der Waals surface area contributed by atoms with Crippen LogP contribution in [0.25, 0.3) is 28.3 Å². The van der Waals surface area contributed by atoms with Crippen molar-refractivity contribution in [2.24, 2.45) is 12.8 Å². The van der Waals surface area contributed by atoms with Gasteiger partial charge in [0.25, 0.3) is 0 Å².